The van der Waals surface area contributed by atoms with Crippen molar-refractivity contribution in [2.45, 2.75) is 12.8 Å². The Balaban J connectivity index is 2.74. The molecule has 1 N–H and O–H groups in total. The monoisotopic (exact) mass is 182 g/mol. The zero-order valence-corrected chi connectivity index (χ0v) is 7.23. The third kappa shape index (κ3) is 2.70. The molecule has 5 heteroatoms. The Morgan fingerprint density at radius 3 is 2.92 bits per heavy atom. The molecule has 0 aliphatic carbocycles. The number of rotatable bonds is 3. The van der Waals surface area contributed by atoms with Crippen LogP contribution < -0.4 is 5.56 Å². The average Bonchev–Trinajstić information content (AvgIpc) is 2.07. The van der Waals surface area contributed by atoms with Crippen LogP contribution in [0.15, 0.2) is 17.1 Å². The van der Waals surface area contributed by atoms with Crippen LogP contribution in [-0.4, -0.2) is 20.9 Å². The lowest BCUT2D eigenvalue weighted by atomic mass is 10.2. The number of hydrogen-bond acceptors (Lipinski definition) is 3. The van der Waals surface area contributed by atoms with Gasteiger partial charge in [-0.3, -0.25) is 9.59 Å². The van der Waals surface area contributed by atoms with Gasteiger partial charge in [-0.2, -0.15) is 5.10 Å². The number of aliphatic carboxylic acids is 1. The molecule has 1 aromatic rings. The summed E-state index contributed by atoms with van der Waals surface area (Å²) in [7, 11) is 1.54. The van der Waals surface area contributed by atoms with E-state index in [1.807, 2.05) is 0 Å². The van der Waals surface area contributed by atoms with Crippen molar-refractivity contribution in [1.82, 2.24) is 9.78 Å². The van der Waals surface area contributed by atoms with Gasteiger partial charge >= 0.3 is 5.97 Å². The maximum absolute atomic E-state index is 11.0. The number of aryl methyl sites for hydroxylation is 2. The van der Waals surface area contributed by atoms with Gasteiger partial charge in [0.2, 0.25) is 0 Å². The Hall–Kier alpha value is -1.65. The summed E-state index contributed by atoms with van der Waals surface area (Å²) in [4.78, 5) is 21.3. The van der Waals surface area contributed by atoms with Crippen LogP contribution >= 0.6 is 0 Å². The molecule has 1 aromatic heterocycles. The van der Waals surface area contributed by atoms with Crippen molar-refractivity contribution in [3.05, 3.63) is 28.2 Å². The highest BCUT2D eigenvalue weighted by atomic mass is 16.4. The van der Waals surface area contributed by atoms with Crippen molar-refractivity contribution in [3.8, 4) is 0 Å². The van der Waals surface area contributed by atoms with Gasteiger partial charge in [0.1, 0.15) is 0 Å². The van der Waals surface area contributed by atoms with Crippen LogP contribution in [0, 0.1) is 0 Å². The fourth-order valence-electron chi connectivity index (χ4n) is 0.895. The lowest BCUT2D eigenvalue weighted by molar-refractivity contribution is -0.136. The molecule has 0 amide bonds. The van der Waals surface area contributed by atoms with Gasteiger partial charge in [0, 0.05) is 19.5 Å². The van der Waals surface area contributed by atoms with Crippen LogP contribution in [-0.2, 0) is 18.3 Å². The normalized spacial score (nSPS) is 9.92. The van der Waals surface area contributed by atoms with Crippen molar-refractivity contribution < 1.29 is 9.90 Å². The SMILES string of the molecule is Cn1ncc(CCC(=O)O)cc1=O. The quantitative estimate of drug-likeness (QED) is 0.702. The van der Waals surface area contributed by atoms with E-state index in [1.165, 1.54) is 16.9 Å². The van der Waals surface area contributed by atoms with E-state index in [-0.39, 0.29) is 12.0 Å². The summed E-state index contributed by atoms with van der Waals surface area (Å²) in [5.41, 5.74) is 0.438. The highest BCUT2D eigenvalue weighted by molar-refractivity contribution is 5.67. The first-order valence-electron chi connectivity index (χ1n) is 3.83. The molecule has 0 aliphatic rings. The Morgan fingerprint density at radius 2 is 2.38 bits per heavy atom. The predicted molar refractivity (Wildman–Crippen MR) is 45.4 cm³/mol. The Labute approximate surface area is 74.6 Å². The highest BCUT2D eigenvalue weighted by Crippen LogP contribution is 1.96. The predicted octanol–water partition coefficient (Wildman–Crippen LogP) is -0.202. The molecule has 0 bridgehead atoms. The van der Waals surface area contributed by atoms with E-state index in [2.05, 4.69) is 5.10 Å². The summed E-state index contributed by atoms with van der Waals surface area (Å²) in [6.07, 6.45) is 1.87. The van der Waals surface area contributed by atoms with Gasteiger partial charge in [-0.05, 0) is 12.0 Å². The second-order valence-corrected chi connectivity index (χ2v) is 2.72. The van der Waals surface area contributed by atoms with Crippen molar-refractivity contribution in [3.63, 3.8) is 0 Å². The molecule has 0 spiro atoms. The molecule has 1 heterocycles. The van der Waals surface area contributed by atoms with E-state index in [9.17, 15) is 9.59 Å². The van der Waals surface area contributed by atoms with Gasteiger partial charge in [-0.1, -0.05) is 0 Å². The molecule has 0 aromatic carbocycles. The van der Waals surface area contributed by atoms with Crippen LogP contribution in [0.5, 0.6) is 0 Å². The van der Waals surface area contributed by atoms with Crippen LogP contribution in [0.4, 0.5) is 0 Å². The molecule has 0 unspecified atom stereocenters. The van der Waals surface area contributed by atoms with Gasteiger partial charge in [0.25, 0.3) is 5.56 Å². The summed E-state index contributed by atoms with van der Waals surface area (Å²) in [5.74, 6) is -0.874. The van der Waals surface area contributed by atoms with E-state index >= 15 is 0 Å². The van der Waals surface area contributed by atoms with Crippen molar-refractivity contribution in [2.75, 3.05) is 0 Å². The summed E-state index contributed by atoms with van der Waals surface area (Å²) in [6.45, 7) is 0. The van der Waals surface area contributed by atoms with Crippen LogP contribution in [0.2, 0.25) is 0 Å². The molecule has 5 nitrogen and oxygen atoms in total. The first-order valence-corrected chi connectivity index (χ1v) is 3.83. The van der Waals surface area contributed by atoms with Crippen molar-refractivity contribution in [1.29, 1.82) is 0 Å². The fraction of sp³-hybridized carbons (Fsp3) is 0.375. The largest absolute Gasteiger partial charge is 0.481 e. The van der Waals surface area contributed by atoms with Crippen LogP contribution in [0.25, 0.3) is 0 Å². The van der Waals surface area contributed by atoms with E-state index in [0.29, 0.717) is 12.0 Å². The van der Waals surface area contributed by atoms with Crippen molar-refractivity contribution >= 4 is 5.97 Å². The number of carboxylic acid groups (broad SMARTS) is 1. The fourth-order valence-corrected chi connectivity index (χ4v) is 0.895. The highest BCUT2D eigenvalue weighted by Gasteiger charge is 2.00. The van der Waals surface area contributed by atoms with E-state index < -0.39 is 5.97 Å². The zero-order valence-electron chi connectivity index (χ0n) is 7.23. The van der Waals surface area contributed by atoms with Crippen molar-refractivity contribution in [2.24, 2.45) is 7.05 Å². The lowest BCUT2D eigenvalue weighted by Gasteiger charge is -1.98. The number of carboxylic acids is 1. The summed E-state index contributed by atoms with van der Waals surface area (Å²) in [5, 5.41) is 12.2. The lowest BCUT2D eigenvalue weighted by Crippen LogP contribution is -2.19. The summed E-state index contributed by atoms with van der Waals surface area (Å²) >= 11 is 0. The first-order chi connectivity index (χ1) is 6.09. The van der Waals surface area contributed by atoms with E-state index in [0.717, 1.165) is 0 Å². The summed E-state index contributed by atoms with van der Waals surface area (Å²) in [6, 6.07) is 1.40. The number of hydrogen-bond donors (Lipinski definition) is 1. The molecule has 70 valence electrons. The number of nitrogens with zero attached hydrogens (tertiary/aromatic N) is 2. The second kappa shape index (κ2) is 3.84. The smallest absolute Gasteiger partial charge is 0.303 e. The molecule has 13 heavy (non-hydrogen) atoms. The Morgan fingerprint density at radius 1 is 1.69 bits per heavy atom. The third-order valence-electron chi connectivity index (χ3n) is 1.65. The van der Waals surface area contributed by atoms with Crippen LogP contribution in [0.1, 0.15) is 12.0 Å². The average molecular weight is 182 g/mol. The number of carbonyl (C=O) groups is 1. The van der Waals surface area contributed by atoms with E-state index in [4.69, 9.17) is 5.11 Å². The molecule has 0 fully saturated rings. The molecule has 0 radical (unpaired) electrons. The molecule has 0 saturated heterocycles. The zero-order chi connectivity index (χ0) is 9.84. The Bertz CT molecular complexity index is 370. The minimum atomic E-state index is -0.874. The van der Waals surface area contributed by atoms with Gasteiger partial charge in [-0.25, -0.2) is 4.68 Å². The van der Waals surface area contributed by atoms with Gasteiger partial charge in [0.15, 0.2) is 0 Å². The molecule has 0 saturated carbocycles. The van der Waals surface area contributed by atoms with E-state index in [1.54, 1.807) is 7.05 Å². The van der Waals surface area contributed by atoms with Gasteiger partial charge < -0.3 is 5.11 Å². The Kier molecular flexibility index (Phi) is 2.79. The topological polar surface area (TPSA) is 72.2 Å². The molecular weight excluding hydrogens is 172 g/mol. The molecule has 0 atom stereocenters. The maximum Gasteiger partial charge on any atom is 0.303 e. The maximum atomic E-state index is 11.0. The molecule has 0 aliphatic heterocycles. The molecule has 1 rings (SSSR count). The number of aromatic nitrogens is 2. The van der Waals surface area contributed by atoms with Gasteiger partial charge in [-0.15, -0.1) is 0 Å². The minimum absolute atomic E-state index is 0.0227. The van der Waals surface area contributed by atoms with Crippen LogP contribution in [0.3, 0.4) is 0 Å². The first kappa shape index (κ1) is 9.44. The third-order valence-corrected chi connectivity index (χ3v) is 1.65. The molecular formula is C8H10N2O3. The van der Waals surface area contributed by atoms with Gasteiger partial charge in [0.05, 0.1) is 6.20 Å². The standard InChI is InChI=1S/C8H10N2O3/c1-10-7(11)4-6(5-9-10)2-3-8(12)13/h4-5H,2-3H2,1H3,(H,12,13). The second-order valence-electron chi connectivity index (χ2n) is 2.72. The minimum Gasteiger partial charge on any atom is -0.481 e. The summed E-state index contributed by atoms with van der Waals surface area (Å²) < 4.78 is 1.20.